The van der Waals surface area contributed by atoms with E-state index in [4.69, 9.17) is 0 Å². The van der Waals surface area contributed by atoms with Crippen molar-refractivity contribution in [1.29, 1.82) is 0 Å². The quantitative estimate of drug-likeness (QED) is 0.711. The molecule has 0 bridgehead atoms. The molecule has 2 aromatic carbocycles. The third kappa shape index (κ3) is 3.78. The first kappa shape index (κ1) is 18.2. The Morgan fingerprint density at radius 3 is 2.44 bits per heavy atom. The summed E-state index contributed by atoms with van der Waals surface area (Å²) < 4.78 is 30.8. The highest BCUT2D eigenvalue weighted by atomic mass is 32.2. The van der Waals surface area contributed by atoms with E-state index < -0.39 is 10.0 Å². The predicted molar refractivity (Wildman–Crippen MR) is 108 cm³/mol. The van der Waals surface area contributed by atoms with Crippen LogP contribution in [-0.4, -0.2) is 37.5 Å². The van der Waals surface area contributed by atoms with E-state index in [9.17, 15) is 8.42 Å². The molecule has 1 aliphatic rings. The Hall–Kier alpha value is -2.15. The number of likely N-dealkylation sites (tertiary alicyclic amines) is 1. The van der Waals surface area contributed by atoms with Crippen LogP contribution in [-0.2, 0) is 17.1 Å². The van der Waals surface area contributed by atoms with Crippen molar-refractivity contribution in [3.05, 3.63) is 66.5 Å². The van der Waals surface area contributed by atoms with Gasteiger partial charge in [-0.25, -0.2) is 13.1 Å². The fraction of sp³-hybridized carbons (Fsp3) is 0.333. The Bertz CT molecular complexity index is 1040. The van der Waals surface area contributed by atoms with E-state index >= 15 is 0 Å². The number of rotatable bonds is 6. The van der Waals surface area contributed by atoms with E-state index in [-0.39, 0.29) is 6.04 Å². The molecule has 1 aromatic heterocycles. The first-order valence-electron chi connectivity index (χ1n) is 9.38. The largest absolute Gasteiger partial charge is 0.353 e. The van der Waals surface area contributed by atoms with Crippen LogP contribution < -0.4 is 4.72 Å². The zero-order valence-corrected chi connectivity index (χ0v) is 16.3. The molecule has 6 heteroatoms. The molecule has 1 aliphatic heterocycles. The monoisotopic (exact) mass is 383 g/mol. The number of hydrogen-bond donors (Lipinski definition) is 1. The molecule has 27 heavy (non-hydrogen) atoms. The van der Waals surface area contributed by atoms with Crippen LogP contribution in [0.2, 0.25) is 0 Å². The highest BCUT2D eigenvalue weighted by molar-refractivity contribution is 7.89. The Morgan fingerprint density at radius 1 is 1.00 bits per heavy atom. The zero-order chi connectivity index (χ0) is 18.9. The number of benzene rings is 2. The van der Waals surface area contributed by atoms with Crippen molar-refractivity contribution >= 4 is 20.8 Å². The van der Waals surface area contributed by atoms with E-state index in [0.29, 0.717) is 11.4 Å². The maximum Gasteiger partial charge on any atom is 0.240 e. The van der Waals surface area contributed by atoms with Crippen molar-refractivity contribution in [1.82, 2.24) is 14.2 Å². The molecule has 1 fully saturated rings. The van der Waals surface area contributed by atoms with Gasteiger partial charge < -0.3 is 4.57 Å². The van der Waals surface area contributed by atoms with Crippen LogP contribution >= 0.6 is 0 Å². The molecule has 2 heterocycles. The van der Waals surface area contributed by atoms with Gasteiger partial charge in [0, 0.05) is 25.5 Å². The third-order valence-electron chi connectivity index (χ3n) is 5.40. The topological polar surface area (TPSA) is 54.3 Å². The lowest BCUT2D eigenvalue weighted by Gasteiger charge is -2.28. The van der Waals surface area contributed by atoms with Gasteiger partial charge in [-0.1, -0.05) is 30.3 Å². The van der Waals surface area contributed by atoms with E-state index in [1.54, 1.807) is 12.1 Å². The number of sulfonamides is 1. The summed E-state index contributed by atoms with van der Waals surface area (Å²) in [6.45, 7) is 2.38. The second-order valence-corrected chi connectivity index (χ2v) is 8.93. The van der Waals surface area contributed by atoms with Gasteiger partial charge in [0.1, 0.15) is 0 Å². The minimum absolute atomic E-state index is 0.0442. The van der Waals surface area contributed by atoms with Crippen LogP contribution in [0.5, 0.6) is 0 Å². The molecule has 3 aromatic rings. The van der Waals surface area contributed by atoms with Crippen LogP contribution in [0.25, 0.3) is 10.8 Å². The summed E-state index contributed by atoms with van der Waals surface area (Å²) in [5.74, 6) is 0. The number of hydrogen-bond acceptors (Lipinski definition) is 3. The zero-order valence-electron chi connectivity index (χ0n) is 15.5. The lowest BCUT2D eigenvalue weighted by Crippen LogP contribution is -2.37. The van der Waals surface area contributed by atoms with Gasteiger partial charge in [0.15, 0.2) is 0 Å². The normalized spacial score (nSPS) is 16.8. The van der Waals surface area contributed by atoms with Crippen molar-refractivity contribution in [3.8, 4) is 0 Å². The summed E-state index contributed by atoms with van der Waals surface area (Å²) in [4.78, 5) is 2.69. The molecule has 5 nitrogen and oxygen atoms in total. The minimum atomic E-state index is -3.57. The van der Waals surface area contributed by atoms with Crippen molar-refractivity contribution in [2.75, 3.05) is 19.6 Å². The Labute approximate surface area is 160 Å². The first-order valence-corrected chi connectivity index (χ1v) is 10.9. The van der Waals surface area contributed by atoms with Gasteiger partial charge in [-0.3, -0.25) is 4.90 Å². The van der Waals surface area contributed by atoms with Gasteiger partial charge in [-0.05, 0) is 61.0 Å². The highest BCUT2D eigenvalue weighted by Gasteiger charge is 2.27. The summed E-state index contributed by atoms with van der Waals surface area (Å²) in [5.41, 5.74) is 1.14. The molecule has 0 radical (unpaired) electrons. The van der Waals surface area contributed by atoms with Gasteiger partial charge in [0.25, 0.3) is 0 Å². The molecule has 1 saturated heterocycles. The number of aryl methyl sites for hydroxylation is 1. The summed E-state index contributed by atoms with van der Waals surface area (Å²) in [5, 5.41) is 1.97. The molecular formula is C21H25N3O2S. The van der Waals surface area contributed by atoms with Crippen LogP contribution in [0.1, 0.15) is 24.6 Å². The molecule has 0 aliphatic carbocycles. The van der Waals surface area contributed by atoms with Crippen molar-refractivity contribution in [2.45, 2.75) is 23.8 Å². The number of fused-ring (bicyclic) bond motifs is 1. The first-order chi connectivity index (χ1) is 13.0. The van der Waals surface area contributed by atoms with Gasteiger partial charge >= 0.3 is 0 Å². The molecule has 1 unspecified atom stereocenters. The molecular weight excluding hydrogens is 358 g/mol. The molecule has 0 spiro atoms. The average molecular weight is 384 g/mol. The Balaban J connectivity index is 1.57. The summed E-state index contributed by atoms with van der Waals surface area (Å²) in [6.07, 6.45) is 4.34. The maximum atomic E-state index is 12.9. The smallest absolute Gasteiger partial charge is 0.240 e. The van der Waals surface area contributed by atoms with Crippen LogP contribution in [0.15, 0.2) is 65.7 Å². The van der Waals surface area contributed by atoms with E-state index in [0.717, 1.165) is 29.6 Å². The number of nitrogens with zero attached hydrogens (tertiary/aromatic N) is 2. The Kier molecular flexibility index (Phi) is 5.04. The van der Waals surface area contributed by atoms with E-state index in [1.807, 2.05) is 49.6 Å². The van der Waals surface area contributed by atoms with Crippen molar-refractivity contribution < 1.29 is 8.42 Å². The van der Waals surface area contributed by atoms with E-state index in [2.05, 4.69) is 20.3 Å². The number of aromatic nitrogens is 1. The lowest BCUT2D eigenvalue weighted by atomic mass is 10.1. The molecule has 0 saturated carbocycles. The van der Waals surface area contributed by atoms with Crippen molar-refractivity contribution in [2.24, 2.45) is 7.05 Å². The summed E-state index contributed by atoms with van der Waals surface area (Å²) >= 11 is 0. The molecule has 0 amide bonds. The summed E-state index contributed by atoms with van der Waals surface area (Å²) in [7, 11) is -1.56. The predicted octanol–water partition coefficient (Wildman–Crippen LogP) is 3.29. The Morgan fingerprint density at radius 2 is 1.74 bits per heavy atom. The van der Waals surface area contributed by atoms with Crippen LogP contribution in [0.4, 0.5) is 0 Å². The van der Waals surface area contributed by atoms with Crippen LogP contribution in [0, 0.1) is 0 Å². The second kappa shape index (κ2) is 7.46. The second-order valence-electron chi connectivity index (χ2n) is 7.16. The van der Waals surface area contributed by atoms with Crippen molar-refractivity contribution in [3.63, 3.8) is 0 Å². The summed E-state index contributed by atoms with van der Waals surface area (Å²) in [6, 6.07) is 17.2. The maximum absolute atomic E-state index is 12.9. The average Bonchev–Trinajstić information content (AvgIpc) is 3.34. The molecule has 1 N–H and O–H groups in total. The van der Waals surface area contributed by atoms with E-state index in [1.165, 1.54) is 12.8 Å². The van der Waals surface area contributed by atoms with Crippen LogP contribution in [0.3, 0.4) is 0 Å². The molecule has 4 rings (SSSR count). The lowest BCUT2D eigenvalue weighted by molar-refractivity contribution is 0.238. The SMILES string of the molecule is Cn1cccc1C(CNS(=O)(=O)c1ccc2ccccc2c1)N1CCCC1. The molecule has 1 atom stereocenters. The van der Waals surface area contributed by atoms with Gasteiger partial charge in [0.05, 0.1) is 10.9 Å². The standard InChI is InChI=1S/C21H25N3O2S/c1-23-12-6-9-20(23)21(24-13-4-5-14-24)16-22-27(25,26)19-11-10-17-7-2-3-8-18(17)15-19/h2-3,6-12,15,21-22H,4-5,13-14,16H2,1H3. The highest BCUT2D eigenvalue weighted by Crippen LogP contribution is 2.26. The minimum Gasteiger partial charge on any atom is -0.353 e. The fourth-order valence-corrected chi connectivity index (χ4v) is 4.97. The van der Waals surface area contributed by atoms with Gasteiger partial charge in [-0.15, -0.1) is 0 Å². The number of nitrogens with one attached hydrogen (secondary N) is 1. The third-order valence-corrected chi connectivity index (χ3v) is 6.83. The van der Waals surface area contributed by atoms with Gasteiger partial charge in [-0.2, -0.15) is 0 Å². The fourth-order valence-electron chi connectivity index (χ4n) is 3.90. The molecule has 142 valence electrons. The van der Waals surface area contributed by atoms with Gasteiger partial charge in [0.2, 0.25) is 10.0 Å².